The van der Waals surface area contributed by atoms with E-state index in [1.54, 1.807) is 0 Å². The van der Waals surface area contributed by atoms with Crippen LogP contribution in [0.15, 0.2) is 23.1 Å². The van der Waals surface area contributed by atoms with E-state index in [1.165, 1.54) is 4.31 Å². The molecule has 4 nitrogen and oxygen atoms in total. The zero-order chi connectivity index (χ0) is 17.3. The van der Waals surface area contributed by atoms with Gasteiger partial charge >= 0.3 is 6.18 Å². The summed E-state index contributed by atoms with van der Waals surface area (Å²) in [6, 6.07) is 2.70. The van der Waals surface area contributed by atoms with E-state index < -0.39 is 26.8 Å². The second kappa shape index (κ2) is 6.96. The van der Waals surface area contributed by atoms with Crippen LogP contribution in [0.3, 0.4) is 0 Å². The fourth-order valence-electron chi connectivity index (χ4n) is 2.67. The van der Waals surface area contributed by atoms with Gasteiger partial charge in [-0.15, -0.1) is 0 Å². The maximum absolute atomic E-state index is 12.9. The van der Waals surface area contributed by atoms with Crippen molar-refractivity contribution in [3.63, 3.8) is 0 Å². The molecule has 1 aliphatic rings. The Morgan fingerprint density at radius 1 is 1.30 bits per heavy atom. The SMILES string of the molecule is CNCC1CCN(S(=O)(=O)c2ccc(Cl)c(C(F)(F)F)c2)CC1. The molecule has 0 amide bonds. The summed E-state index contributed by atoms with van der Waals surface area (Å²) in [5.41, 5.74) is -1.13. The molecule has 0 aromatic heterocycles. The largest absolute Gasteiger partial charge is 0.417 e. The van der Waals surface area contributed by atoms with Crippen LogP contribution in [0.5, 0.6) is 0 Å². The summed E-state index contributed by atoms with van der Waals surface area (Å²) in [7, 11) is -2.12. The number of hydrogen-bond acceptors (Lipinski definition) is 3. The molecule has 130 valence electrons. The Bertz CT molecular complexity index is 656. The highest BCUT2D eigenvalue weighted by molar-refractivity contribution is 7.89. The first kappa shape index (κ1) is 18.5. The molecule has 0 spiro atoms. The molecule has 1 N–H and O–H groups in total. The predicted octanol–water partition coefficient (Wildman–Crippen LogP) is 2.98. The van der Waals surface area contributed by atoms with Crippen LogP contribution in [0.1, 0.15) is 18.4 Å². The molecule has 0 unspecified atom stereocenters. The van der Waals surface area contributed by atoms with Crippen molar-refractivity contribution in [3.8, 4) is 0 Å². The smallest absolute Gasteiger partial charge is 0.319 e. The molecule has 0 bridgehead atoms. The fraction of sp³-hybridized carbons (Fsp3) is 0.571. The first-order valence-corrected chi connectivity index (χ1v) is 8.99. The molecule has 1 aromatic rings. The Balaban J connectivity index is 2.24. The molecule has 1 heterocycles. The lowest BCUT2D eigenvalue weighted by Gasteiger charge is -2.31. The second-order valence-corrected chi connectivity index (χ2v) is 7.89. The van der Waals surface area contributed by atoms with Crippen molar-refractivity contribution >= 4 is 21.6 Å². The van der Waals surface area contributed by atoms with E-state index in [4.69, 9.17) is 11.6 Å². The molecule has 1 fully saturated rings. The summed E-state index contributed by atoms with van der Waals surface area (Å²) in [4.78, 5) is -0.374. The molecule has 1 aromatic carbocycles. The molecule has 23 heavy (non-hydrogen) atoms. The molecule has 2 rings (SSSR count). The van der Waals surface area contributed by atoms with Crippen LogP contribution in [0.25, 0.3) is 0 Å². The third-order valence-electron chi connectivity index (χ3n) is 3.95. The maximum atomic E-state index is 12.9. The van der Waals surface area contributed by atoms with Crippen molar-refractivity contribution in [2.24, 2.45) is 5.92 Å². The van der Waals surface area contributed by atoms with Crippen molar-refractivity contribution in [3.05, 3.63) is 28.8 Å². The molecule has 1 aliphatic heterocycles. The average Bonchev–Trinajstić information content (AvgIpc) is 2.47. The van der Waals surface area contributed by atoms with Gasteiger partial charge in [0.15, 0.2) is 0 Å². The Morgan fingerprint density at radius 3 is 2.43 bits per heavy atom. The number of alkyl halides is 3. The zero-order valence-electron chi connectivity index (χ0n) is 12.5. The average molecular weight is 371 g/mol. The number of piperidine rings is 1. The summed E-state index contributed by atoms with van der Waals surface area (Å²) in [6.45, 7) is 1.41. The normalized spacial score (nSPS) is 18.3. The molecule has 9 heteroatoms. The van der Waals surface area contributed by atoms with E-state index in [0.717, 1.165) is 18.7 Å². The van der Waals surface area contributed by atoms with Crippen LogP contribution in [0.4, 0.5) is 13.2 Å². The van der Waals surface area contributed by atoms with Crippen molar-refractivity contribution < 1.29 is 21.6 Å². The van der Waals surface area contributed by atoms with Crippen LogP contribution in [-0.4, -0.2) is 39.4 Å². The third kappa shape index (κ3) is 4.17. The third-order valence-corrected chi connectivity index (χ3v) is 6.17. The minimum absolute atomic E-state index is 0.304. The van der Waals surface area contributed by atoms with Gasteiger partial charge in [0, 0.05) is 13.1 Å². The van der Waals surface area contributed by atoms with Crippen molar-refractivity contribution in [2.45, 2.75) is 23.9 Å². The molecular weight excluding hydrogens is 353 g/mol. The fourth-order valence-corrected chi connectivity index (χ4v) is 4.39. The van der Waals surface area contributed by atoms with Gasteiger partial charge in [-0.3, -0.25) is 0 Å². The monoisotopic (exact) mass is 370 g/mol. The Kier molecular flexibility index (Phi) is 5.60. The summed E-state index contributed by atoms with van der Waals surface area (Å²) in [5.74, 6) is 0.377. The zero-order valence-corrected chi connectivity index (χ0v) is 14.1. The molecule has 1 saturated heterocycles. The predicted molar refractivity (Wildman–Crippen MR) is 81.9 cm³/mol. The first-order chi connectivity index (χ1) is 10.7. The quantitative estimate of drug-likeness (QED) is 0.886. The lowest BCUT2D eigenvalue weighted by molar-refractivity contribution is -0.137. The number of benzene rings is 1. The highest BCUT2D eigenvalue weighted by Gasteiger charge is 2.36. The van der Waals surface area contributed by atoms with Gasteiger partial charge in [0.2, 0.25) is 10.0 Å². The van der Waals surface area contributed by atoms with Crippen molar-refractivity contribution in [1.29, 1.82) is 0 Å². The lowest BCUT2D eigenvalue weighted by atomic mass is 9.98. The highest BCUT2D eigenvalue weighted by atomic mass is 35.5. The number of halogens is 4. The minimum Gasteiger partial charge on any atom is -0.319 e. The number of rotatable bonds is 4. The molecule has 0 radical (unpaired) electrons. The Morgan fingerprint density at radius 2 is 1.91 bits per heavy atom. The van der Waals surface area contributed by atoms with E-state index >= 15 is 0 Å². The van der Waals surface area contributed by atoms with Crippen LogP contribution in [0.2, 0.25) is 5.02 Å². The topological polar surface area (TPSA) is 49.4 Å². The van der Waals surface area contributed by atoms with Crippen LogP contribution < -0.4 is 5.32 Å². The number of nitrogens with one attached hydrogen (secondary N) is 1. The minimum atomic E-state index is -4.69. The highest BCUT2D eigenvalue weighted by Crippen LogP contribution is 2.36. The lowest BCUT2D eigenvalue weighted by Crippen LogP contribution is -2.40. The number of sulfonamides is 1. The van der Waals surface area contributed by atoms with Crippen molar-refractivity contribution in [2.75, 3.05) is 26.7 Å². The summed E-state index contributed by atoms with van der Waals surface area (Å²) < 4.78 is 65.0. The van der Waals surface area contributed by atoms with Gasteiger partial charge in [-0.2, -0.15) is 17.5 Å². The maximum Gasteiger partial charge on any atom is 0.417 e. The Hall–Kier alpha value is -0.830. The number of nitrogens with zero attached hydrogens (tertiary/aromatic N) is 1. The van der Waals surface area contributed by atoms with E-state index in [0.29, 0.717) is 37.9 Å². The standard InChI is InChI=1S/C14H18ClF3N2O2S/c1-19-9-10-4-6-20(7-5-10)23(21,22)11-2-3-13(15)12(8-11)14(16,17)18/h2-3,8,10,19H,4-7,9H2,1H3. The molecule has 0 atom stereocenters. The van der Waals surface area contributed by atoms with Crippen LogP contribution in [0, 0.1) is 5.92 Å². The van der Waals surface area contributed by atoms with E-state index in [2.05, 4.69) is 5.32 Å². The second-order valence-electron chi connectivity index (χ2n) is 5.54. The van der Waals surface area contributed by atoms with E-state index in [-0.39, 0.29) is 4.90 Å². The summed E-state index contributed by atoms with van der Waals surface area (Å²) >= 11 is 5.54. The molecule has 0 aliphatic carbocycles. The van der Waals surface area contributed by atoms with E-state index in [1.807, 2.05) is 7.05 Å². The summed E-state index contributed by atoms with van der Waals surface area (Å²) in [6.07, 6.45) is -3.33. The number of hydrogen-bond donors (Lipinski definition) is 1. The molecule has 0 saturated carbocycles. The van der Waals surface area contributed by atoms with Gasteiger partial charge in [-0.25, -0.2) is 8.42 Å². The van der Waals surface area contributed by atoms with Gasteiger partial charge in [0.1, 0.15) is 0 Å². The van der Waals surface area contributed by atoms with Gasteiger partial charge in [0.05, 0.1) is 15.5 Å². The van der Waals surface area contributed by atoms with Gasteiger partial charge in [-0.05, 0) is 50.6 Å². The summed E-state index contributed by atoms with van der Waals surface area (Å²) in [5, 5.41) is 2.54. The van der Waals surface area contributed by atoms with Gasteiger partial charge in [0.25, 0.3) is 0 Å². The van der Waals surface area contributed by atoms with Crippen LogP contribution in [-0.2, 0) is 16.2 Å². The van der Waals surface area contributed by atoms with Gasteiger partial charge in [-0.1, -0.05) is 11.6 Å². The first-order valence-electron chi connectivity index (χ1n) is 7.17. The van der Waals surface area contributed by atoms with Crippen LogP contribution >= 0.6 is 11.6 Å². The van der Waals surface area contributed by atoms with Crippen molar-refractivity contribution in [1.82, 2.24) is 9.62 Å². The van der Waals surface area contributed by atoms with E-state index in [9.17, 15) is 21.6 Å². The molecular formula is C14H18ClF3N2O2S. The Labute approximate surface area is 138 Å². The van der Waals surface area contributed by atoms with Gasteiger partial charge < -0.3 is 5.32 Å².